The Morgan fingerprint density at radius 2 is 1.95 bits per heavy atom. The highest BCUT2D eigenvalue weighted by Gasteiger charge is 2.23. The summed E-state index contributed by atoms with van der Waals surface area (Å²) >= 11 is 6.30. The van der Waals surface area contributed by atoms with Crippen molar-refractivity contribution in [3.63, 3.8) is 0 Å². The number of fused-ring (bicyclic) bond motifs is 1. The van der Waals surface area contributed by atoms with Gasteiger partial charge in [0, 0.05) is 18.1 Å². The lowest BCUT2D eigenvalue weighted by molar-refractivity contribution is -0.116. The Morgan fingerprint density at radius 1 is 1.26 bits per heavy atom. The molecule has 2 rings (SSSR count). The fraction of sp³-hybridized carbons (Fsp3) is 0.0625. The number of rotatable bonds is 2. The lowest BCUT2D eigenvalue weighted by Crippen LogP contribution is -2.27. The molecule has 19 heavy (non-hydrogen) atoms. The number of allylic oxidation sites excluding steroid dienone is 4. The smallest absolute Gasteiger partial charge is 0.228 e. The van der Waals surface area contributed by atoms with Crippen molar-refractivity contribution in [2.24, 2.45) is 0 Å². The van der Waals surface area contributed by atoms with Crippen LogP contribution in [-0.4, -0.2) is 5.91 Å². The maximum atomic E-state index is 12.0. The molecule has 1 aromatic rings. The molecule has 1 aliphatic heterocycles. The Balaban J connectivity index is 2.82. The molecule has 1 aromatic carbocycles. The van der Waals surface area contributed by atoms with E-state index in [1.54, 1.807) is 17.1 Å². The molecule has 1 aliphatic rings. The van der Waals surface area contributed by atoms with E-state index in [2.05, 4.69) is 13.2 Å². The molecular weight excluding hydrogens is 258 g/mol. The zero-order valence-electron chi connectivity index (χ0n) is 10.7. The first-order chi connectivity index (χ1) is 9.10. The molecule has 0 fully saturated rings. The van der Waals surface area contributed by atoms with E-state index in [0.29, 0.717) is 16.3 Å². The van der Waals surface area contributed by atoms with Crippen LogP contribution in [0.1, 0.15) is 12.5 Å². The summed E-state index contributed by atoms with van der Waals surface area (Å²) in [6, 6.07) is 7.59. The van der Waals surface area contributed by atoms with E-state index in [1.807, 2.05) is 30.3 Å². The number of hydrogen-bond acceptors (Lipinski definition) is 1. The third-order valence-electron chi connectivity index (χ3n) is 2.95. The maximum Gasteiger partial charge on any atom is 0.228 e. The molecule has 96 valence electrons. The van der Waals surface area contributed by atoms with Gasteiger partial charge in [0.1, 0.15) is 0 Å². The number of carbonyl (C=O) groups is 1. The molecule has 3 heteroatoms. The average Bonchev–Trinajstić information content (AvgIpc) is 2.51. The molecule has 0 atom stereocenters. The highest BCUT2D eigenvalue weighted by atomic mass is 35.5. The van der Waals surface area contributed by atoms with Gasteiger partial charge < -0.3 is 0 Å². The standard InChI is InChI=1S/C16H14ClNO/c1-4-13-14(17)10-12-8-6-7-9-16(12)18(11(3)19)15(13)5-2/h4-10H,1-2H2,3H3. The third-order valence-corrected chi connectivity index (χ3v) is 3.26. The van der Waals surface area contributed by atoms with Crippen molar-refractivity contribution in [1.82, 2.24) is 0 Å². The van der Waals surface area contributed by atoms with Crippen molar-refractivity contribution in [3.8, 4) is 0 Å². The quantitative estimate of drug-likeness (QED) is 0.787. The Morgan fingerprint density at radius 3 is 2.53 bits per heavy atom. The van der Waals surface area contributed by atoms with Gasteiger partial charge in [0.05, 0.1) is 16.4 Å². The molecule has 0 bridgehead atoms. The first-order valence-electron chi connectivity index (χ1n) is 5.86. The van der Waals surface area contributed by atoms with Crippen molar-refractivity contribution >= 4 is 29.3 Å². The Hall–Kier alpha value is -2.06. The van der Waals surface area contributed by atoms with Gasteiger partial charge in [0.15, 0.2) is 0 Å². The molecule has 0 radical (unpaired) electrons. The van der Waals surface area contributed by atoms with Crippen LogP contribution in [0.5, 0.6) is 0 Å². The average molecular weight is 272 g/mol. The molecule has 1 heterocycles. The van der Waals surface area contributed by atoms with E-state index in [1.165, 1.54) is 6.92 Å². The second-order valence-corrected chi connectivity index (χ2v) is 4.52. The lowest BCUT2D eigenvalue weighted by atomic mass is 10.1. The molecule has 0 N–H and O–H groups in total. The zero-order valence-corrected chi connectivity index (χ0v) is 11.4. The van der Waals surface area contributed by atoms with Crippen molar-refractivity contribution in [3.05, 3.63) is 71.4 Å². The van der Waals surface area contributed by atoms with Crippen LogP contribution < -0.4 is 4.90 Å². The molecular formula is C16H14ClNO. The largest absolute Gasteiger partial charge is 0.280 e. The maximum absolute atomic E-state index is 12.0. The number of para-hydroxylation sites is 1. The summed E-state index contributed by atoms with van der Waals surface area (Å²) in [7, 11) is 0. The van der Waals surface area contributed by atoms with E-state index >= 15 is 0 Å². The lowest BCUT2D eigenvalue weighted by Gasteiger charge is -2.24. The summed E-state index contributed by atoms with van der Waals surface area (Å²) in [4.78, 5) is 13.6. The fourth-order valence-electron chi connectivity index (χ4n) is 2.14. The van der Waals surface area contributed by atoms with Crippen LogP contribution in [0.15, 0.2) is 65.9 Å². The number of benzene rings is 1. The normalized spacial score (nSPS) is 14.4. The van der Waals surface area contributed by atoms with Crippen LogP contribution in [0, 0.1) is 0 Å². The van der Waals surface area contributed by atoms with Gasteiger partial charge in [-0.3, -0.25) is 9.69 Å². The number of nitrogens with zero attached hydrogens (tertiary/aromatic N) is 1. The van der Waals surface area contributed by atoms with E-state index in [9.17, 15) is 4.79 Å². The number of anilines is 1. The van der Waals surface area contributed by atoms with Crippen LogP contribution >= 0.6 is 11.6 Å². The minimum Gasteiger partial charge on any atom is -0.280 e. The van der Waals surface area contributed by atoms with Crippen LogP contribution in [0.3, 0.4) is 0 Å². The van der Waals surface area contributed by atoms with E-state index < -0.39 is 0 Å². The molecule has 0 saturated carbocycles. The summed E-state index contributed by atoms with van der Waals surface area (Å²) < 4.78 is 0. The second kappa shape index (κ2) is 5.29. The summed E-state index contributed by atoms with van der Waals surface area (Å²) in [5.74, 6) is -0.0959. The van der Waals surface area contributed by atoms with Gasteiger partial charge in [0.2, 0.25) is 5.91 Å². The second-order valence-electron chi connectivity index (χ2n) is 4.11. The van der Waals surface area contributed by atoms with Crippen LogP contribution in [0.25, 0.3) is 6.08 Å². The number of carbonyl (C=O) groups excluding carboxylic acids is 1. The summed E-state index contributed by atoms with van der Waals surface area (Å²) in [5, 5.41) is 0.543. The van der Waals surface area contributed by atoms with Crippen molar-refractivity contribution in [2.45, 2.75) is 6.92 Å². The molecule has 0 spiro atoms. The van der Waals surface area contributed by atoms with Crippen LogP contribution in [-0.2, 0) is 4.79 Å². The highest BCUT2D eigenvalue weighted by Crippen LogP contribution is 2.35. The fourth-order valence-corrected chi connectivity index (χ4v) is 2.43. The summed E-state index contributed by atoms with van der Waals surface area (Å²) in [5.41, 5.74) is 3.02. The van der Waals surface area contributed by atoms with E-state index in [0.717, 1.165) is 11.3 Å². The molecule has 1 amide bonds. The van der Waals surface area contributed by atoms with Gasteiger partial charge in [0.25, 0.3) is 0 Å². The molecule has 0 saturated heterocycles. The molecule has 0 unspecified atom stereocenters. The monoisotopic (exact) mass is 271 g/mol. The SMILES string of the molecule is C=CC1=C(C=C)N(C(C)=O)c2ccccc2C=C1Cl. The number of amides is 1. The van der Waals surface area contributed by atoms with Crippen molar-refractivity contribution in [1.29, 1.82) is 0 Å². The van der Waals surface area contributed by atoms with E-state index in [4.69, 9.17) is 11.6 Å². The highest BCUT2D eigenvalue weighted by molar-refractivity contribution is 6.35. The van der Waals surface area contributed by atoms with Gasteiger partial charge in [-0.25, -0.2) is 0 Å². The molecule has 0 aliphatic carbocycles. The van der Waals surface area contributed by atoms with Gasteiger partial charge in [-0.2, -0.15) is 0 Å². The predicted octanol–water partition coefficient (Wildman–Crippen LogP) is 4.26. The molecule has 2 nitrogen and oxygen atoms in total. The predicted molar refractivity (Wildman–Crippen MR) is 80.9 cm³/mol. The van der Waals surface area contributed by atoms with Crippen LogP contribution in [0.4, 0.5) is 5.69 Å². The Kier molecular flexibility index (Phi) is 3.72. The topological polar surface area (TPSA) is 20.3 Å². The summed E-state index contributed by atoms with van der Waals surface area (Å²) in [6.07, 6.45) is 5.09. The Bertz CT molecular complexity index is 625. The third kappa shape index (κ3) is 2.27. The summed E-state index contributed by atoms with van der Waals surface area (Å²) in [6.45, 7) is 9.06. The zero-order chi connectivity index (χ0) is 14.0. The van der Waals surface area contributed by atoms with E-state index in [-0.39, 0.29) is 5.91 Å². The minimum absolute atomic E-state index is 0.0959. The minimum atomic E-state index is -0.0959. The van der Waals surface area contributed by atoms with Gasteiger partial charge in [-0.1, -0.05) is 49.0 Å². The van der Waals surface area contributed by atoms with Gasteiger partial charge in [-0.05, 0) is 18.2 Å². The first-order valence-corrected chi connectivity index (χ1v) is 6.24. The van der Waals surface area contributed by atoms with Gasteiger partial charge in [-0.15, -0.1) is 0 Å². The van der Waals surface area contributed by atoms with Gasteiger partial charge >= 0.3 is 0 Å². The first kappa shape index (κ1) is 13.4. The van der Waals surface area contributed by atoms with Crippen molar-refractivity contribution < 1.29 is 4.79 Å². The Labute approximate surface area is 118 Å². The molecule has 0 aromatic heterocycles. The number of halogens is 1. The number of hydrogen-bond donors (Lipinski definition) is 0. The van der Waals surface area contributed by atoms with Crippen LogP contribution in [0.2, 0.25) is 0 Å². The van der Waals surface area contributed by atoms with Crippen molar-refractivity contribution in [2.75, 3.05) is 4.90 Å².